The lowest BCUT2D eigenvalue weighted by Crippen LogP contribution is -2.04. The number of fused-ring (bicyclic) bond motifs is 1. The highest BCUT2D eigenvalue weighted by Crippen LogP contribution is 2.38. The molecule has 0 heteroatoms. The fraction of sp³-hybridized carbons (Fsp3) is 0.200. The first-order chi connectivity index (χ1) is 9.58. The summed E-state index contributed by atoms with van der Waals surface area (Å²) < 4.78 is 0. The van der Waals surface area contributed by atoms with E-state index in [9.17, 15) is 0 Å². The van der Waals surface area contributed by atoms with E-state index in [1.54, 1.807) is 0 Å². The summed E-state index contributed by atoms with van der Waals surface area (Å²) in [4.78, 5) is 0. The Morgan fingerprint density at radius 2 is 1.60 bits per heavy atom. The second-order valence-corrected chi connectivity index (χ2v) is 5.70. The van der Waals surface area contributed by atoms with E-state index in [1.807, 2.05) is 0 Å². The number of hydrogen-bond acceptors (Lipinski definition) is 0. The molecule has 0 fully saturated rings. The molecule has 2 aromatic carbocycles. The standard InChI is InChI=1S/C20H20/c1-13-5-8-17(9-6-13)18-11-12-19-15(3)14(2)7-10-20(19)16(18)4/h5-11H,4,12H2,1-3H3. The third kappa shape index (κ3) is 2.02. The largest absolute Gasteiger partial charge is 0.0905 e. The molecule has 20 heavy (non-hydrogen) atoms. The predicted molar refractivity (Wildman–Crippen MR) is 87.8 cm³/mol. The molecule has 0 unspecified atom stereocenters. The summed E-state index contributed by atoms with van der Waals surface area (Å²) in [7, 11) is 0. The summed E-state index contributed by atoms with van der Waals surface area (Å²) in [6.07, 6.45) is 3.33. The Morgan fingerprint density at radius 3 is 2.30 bits per heavy atom. The van der Waals surface area contributed by atoms with E-state index in [2.05, 4.69) is 69.8 Å². The lowest BCUT2D eigenvalue weighted by molar-refractivity contribution is 1.16. The van der Waals surface area contributed by atoms with E-state index in [4.69, 9.17) is 0 Å². The van der Waals surface area contributed by atoms with Crippen molar-refractivity contribution in [3.05, 3.63) is 82.4 Å². The lowest BCUT2D eigenvalue weighted by Gasteiger charge is -2.23. The molecule has 0 amide bonds. The van der Waals surface area contributed by atoms with E-state index in [-0.39, 0.29) is 0 Å². The van der Waals surface area contributed by atoms with E-state index in [1.165, 1.54) is 39.0 Å². The molecule has 0 bridgehead atoms. The Hall–Kier alpha value is -2.08. The zero-order valence-corrected chi connectivity index (χ0v) is 12.5. The smallest absolute Gasteiger partial charge is 0.00791 e. The average Bonchev–Trinajstić information content (AvgIpc) is 2.45. The van der Waals surface area contributed by atoms with Crippen molar-refractivity contribution in [1.82, 2.24) is 0 Å². The molecule has 0 atom stereocenters. The Balaban J connectivity index is 2.07. The Labute approximate surface area is 121 Å². The van der Waals surface area contributed by atoms with Crippen molar-refractivity contribution in [2.45, 2.75) is 27.2 Å². The van der Waals surface area contributed by atoms with Crippen molar-refractivity contribution in [3.8, 4) is 0 Å². The van der Waals surface area contributed by atoms with Gasteiger partial charge in [0, 0.05) is 0 Å². The molecule has 0 heterocycles. The summed E-state index contributed by atoms with van der Waals surface area (Å²) in [5, 5.41) is 0. The van der Waals surface area contributed by atoms with Crippen LogP contribution in [-0.2, 0) is 6.42 Å². The second-order valence-electron chi connectivity index (χ2n) is 5.70. The van der Waals surface area contributed by atoms with Crippen LogP contribution in [0.15, 0.2) is 49.1 Å². The maximum atomic E-state index is 4.34. The molecule has 0 aromatic heterocycles. The van der Waals surface area contributed by atoms with E-state index in [0.29, 0.717) is 0 Å². The molecule has 0 radical (unpaired) electrons. The maximum absolute atomic E-state index is 4.34. The van der Waals surface area contributed by atoms with E-state index < -0.39 is 0 Å². The molecular formula is C20H20. The number of rotatable bonds is 1. The predicted octanol–water partition coefficient (Wildman–Crippen LogP) is 5.26. The van der Waals surface area contributed by atoms with Gasteiger partial charge in [0.05, 0.1) is 0 Å². The molecule has 0 spiro atoms. The minimum absolute atomic E-state index is 1.01. The molecular weight excluding hydrogens is 240 g/mol. The van der Waals surface area contributed by atoms with Gasteiger partial charge in [0.1, 0.15) is 0 Å². The van der Waals surface area contributed by atoms with Crippen LogP contribution in [0.3, 0.4) is 0 Å². The highest BCUT2D eigenvalue weighted by molar-refractivity contribution is 6.06. The van der Waals surface area contributed by atoms with Gasteiger partial charge >= 0.3 is 0 Å². The Kier molecular flexibility index (Phi) is 3.10. The van der Waals surface area contributed by atoms with Gasteiger partial charge in [-0.1, -0.05) is 54.6 Å². The number of allylic oxidation sites excluding steroid dienone is 3. The van der Waals surface area contributed by atoms with Crippen molar-refractivity contribution in [2.24, 2.45) is 0 Å². The highest BCUT2D eigenvalue weighted by atomic mass is 14.2. The van der Waals surface area contributed by atoms with Gasteiger partial charge in [-0.05, 0) is 66.2 Å². The second kappa shape index (κ2) is 4.79. The summed E-state index contributed by atoms with van der Waals surface area (Å²) in [5.74, 6) is 0. The molecule has 3 rings (SSSR count). The van der Waals surface area contributed by atoms with Crippen LogP contribution >= 0.6 is 0 Å². The van der Waals surface area contributed by atoms with Gasteiger partial charge in [-0.25, -0.2) is 0 Å². The molecule has 100 valence electrons. The zero-order chi connectivity index (χ0) is 14.3. The maximum Gasteiger partial charge on any atom is -0.00791 e. The monoisotopic (exact) mass is 260 g/mol. The van der Waals surface area contributed by atoms with Crippen LogP contribution in [-0.4, -0.2) is 0 Å². The number of benzene rings is 2. The first-order valence-corrected chi connectivity index (χ1v) is 7.14. The molecule has 0 N–H and O–H groups in total. The third-order valence-electron chi connectivity index (χ3n) is 4.39. The fourth-order valence-electron chi connectivity index (χ4n) is 2.92. The van der Waals surface area contributed by atoms with Gasteiger partial charge in [-0.3, -0.25) is 0 Å². The topological polar surface area (TPSA) is 0 Å². The van der Waals surface area contributed by atoms with Gasteiger partial charge in [0.2, 0.25) is 0 Å². The molecule has 0 saturated heterocycles. The molecule has 0 saturated carbocycles. The normalized spacial score (nSPS) is 13.9. The first kappa shape index (κ1) is 12.9. The van der Waals surface area contributed by atoms with E-state index >= 15 is 0 Å². The van der Waals surface area contributed by atoms with Crippen LogP contribution in [0.1, 0.15) is 33.4 Å². The van der Waals surface area contributed by atoms with Crippen molar-refractivity contribution in [3.63, 3.8) is 0 Å². The zero-order valence-electron chi connectivity index (χ0n) is 12.5. The van der Waals surface area contributed by atoms with Crippen LogP contribution in [0.4, 0.5) is 0 Å². The van der Waals surface area contributed by atoms with Crippen LogP contribution in [0.25, 0.3) is 11.1 Å². The average molecular weight is 260 g/mol. The van der Waals surface area contributed by atoms with Crippen LogP contribution in [0, 0.1) is 20.8 Å². The molecule has 1 aliphatic rings. The van der Waals surface area contributed by atoms with Gasteiger partial charge in [-0.2, -0.15) is 0 Å². The summed E-state index contributed by atoms with van der Waals surface area (Å²) in [5.41, 5.74) is 10.5. The minimum Gasteiger partial charge on any atom is -0.0905 e. The molecule has 0 nitrogen and oxygen atoms in total. The summed E-state index contributed by atoms with van der Waals surface area (Å²) in [6.45, 7) is 10.9. The summed E-state index contributed by atoms with van der Waals surface area (Å²) >= 11 is 0. The van der Waals surface area contributed by atoms with Crippen molar-refractivity contribution in [1.29, 1.82) is 0 Å². The summed E-state index contributed by atoms with van der Waals surface area (Å²) in [6, 6.07) is 13.1. The first-order valence-electron chi connectivity index (χ1n) is 7.14. The van der Waals surface area contributed by atoms with Crippen molar-refractivity contribution < 1.29 is 0 Å². The van der Waals surface area contributed by atoms with Crippen LogP contribution in [0.5, 0.6) is 0 Å². The van der Waals surface area contributed by atoms with Gasteiger partial charge in [0.15, 0.2) is 0 Å². The quantitative estimate of drug-likeness (QED) is 0.655. The van der Waals surface area contributed by atoms with Crippen LogP contribution < -0.4 is 0 Å². The Morgan fingerprint density at radius 1 is 0.900 bits per heavy atom. The van der Waals surface area contributed by atoms with Gasteiger partial charge < -0.3 is 0 Å². The minimum atomic E-state index is 1.01. The molecule has 1 aliphatic carbocycles. The molecule has 0 aliphatic heterocycles. The Bertz CT molecular complexity index is 712. The fourth-order valence-corrected chi connectivity index (χ4v) is 2.92. The number of aryl methyl sites for hydroxylation is 2. The highest BCUT2D eigenvalue weighted by Gasteiger charge is 2.18. The van der Waals surface area contributed by atoms with E-state index in [0.717, 1.165) is 12.0 Å². The third-order valence-corrected chi connectivity index (χ3v) is 4.39. The van der Waals surface area contributed by atoms with Crippen molar-refractivity contribution >= 4 is 11.1 Å². The molecule has 2 aromatic rings. The van der Waals surface area contributed by atoms with Crippen LogP contribution in [0.2, 0.25) is 0 Å². The number of hydrogen-bond donors (Lipinski definition) is 0. The SMILES string of the molecule is C=C1C(c2ccc(C)cc2)=CCc2c1ccc(C)c2C. The lowest BCUT2D eigenvalue weighted by atomic mass is 9.81. The van der Waals surface area contributed by atoms with Crippen molar-refractivity contribution in [2.75, 3.05) is 0 Å². The van der Waals surface area contributed by atoms with Gasteiger partial charge in [-0.15, -0.1) is 0 Å². The van der Waals surface area contributed by atoms with Gasteiger partial charge in [0.25, 0.3) is 0 Å².